The lowest BCUT2D eigenvalue weighted by molar-refractivity contribution is 0.0156. The van der Waals surface area contributed by atoms with Crippen molar-refractivity contribution in [3.8, 4) is 0 Å². The summed E-state index contributed by atoms with van der Waals surface area (Å²) in [5, 5.41) is 0. The fourth-order valence-electron chi connectivity index (χ4n) is 2.39. The van der Waals surface area contributed by atoms with Gasteiger partial charge < -0.3 is 14.4 Å². The molecule has 0 aromatic carbocycles. The Hall–Kier alpha value is -1.69. The van der Waals surface area contributed by atoms with Crippen molar-refractivity contribution in [2.24, 2.45) is 0 Å². The first-order valence-corrected chi connectivity index (χ1v) is 7.63. The Morgan fingerprint density at radius 3 is 2.59 bits per heavy atom. The third-order valence-corrected chi connectivity index (χ3v) is 3.48. The number of ether oxygens (including phenoxy) is 2. The maximum atomic E-state index is 12.2. The van der Waals surface area contributed by atoms with Gasteiger partial charge in [0.15, 0.2) is 0 Å². The van der Waals surface area contributed by atoms with E-state index in [0.29, 0.717) is 13.2 Å². The monoisotopic (exact) mass is 307 g/mol. The first-order valence-electron chi connectivity index (χ1n) is 7.63. The maximum absolute atomic E-state index is 12.2. The summed E-state index contributed by atoms with van der Waals surface area (Å²) >= 11 is 0. The number of nitrogens with zero attached hydrogens (tertiary/aromatic N) is 3. The van der Waals surface area contributed by atoms with E-state index in [9.17, 15) is 4.79 Å². The van der Waals surface area contributed by atoms with E-state index in [-0.39, 0.29) is 18.2 Å². The molecule has 0 spiro atoms. The maximum Gasteiger partial charge on any atom is 0.410 e. The first kappa shape index (κ1) is 16.7. The van der Waals surface area contributed by atoms with E-state index in [4.69, 9.17) is 9.47 Å². The second-order valence-electron chi connectivity index (χ2n) is 6.79. The van der Waals surface area contributed by atoms with Crippen LogP contribution in [0.3, 0.4) is 0 Å². The zero-order valence-electron chi connectivity index (χ0n) is 14.0. The number of likely N-dealkylation sites (tertiary alicyclic amines) is 1. The second kappa shape index (κ2) is 6.60. The van der Waals surface area contributed by atoms with Crippen molar-refractivity contribution in [1.82, 2.24) is 14.9 Å². The van der Waals surface area contributed by atoms with Crippen molar-refractivity contribution in [2.75, 3.05) is 6.54 Å². The average molecular weight is 307 g/mol. The van der Waals surface area contributed by atoms with Crippen molar-refractivity contribution in [1.29, 1.82) is 0 Å². The molecule has 0 aliphatic carbocycles. The number of aryl methyl sites for hydroxylation is 1. The van der Waals surface area contributed by atoms with E-state index < -0.39 is 5.60 Å². The number of carbonyl (C=O) groups is 1. The molecule has 22 heavy (non-hydrogen) atoms. The minimum atomic E-state index is -0.477. The molecule has 1 aromatic rings. The Morgan fingerprint density at radius 2 is 2.00 bits per heavy atom. The van der Waals surface area contributed by atoms with Crippen molar-refractivity contribution >= 4 is 6.09 Å². The predicted octanol–water partition coefficient (Wildman–Crippen LogP) is 2.70. The number of amides is 1. The molecule has 1 fully saturated rings. The van der Waals surface area contributed by atoms with Crippen molar-refractivity contribution in [3.63, 3.8) is 0 Å². The van der Waals surface area contributed by atoms with Gasteiger partial charge in [-0.3, -0.25) is 0 Å². The van der Waals surface area contributed by atoms with Gasteiger partial charge >= 0.3 is 6.09 Å². The second-order valence-corrected chi connectivity index (χ2v) is 6.79. The van der Waals surface area contributed by atoms with Crippen LogP contribution in [0.25, 0.3) is 0 Å². The SMILES string of the molecule is Cc1ncc(CO[C@@H]2C[C@H](C)N(C(=O)OC(C)(C)C)C2)cn1. The van der Waals surface area contributed by atoms with Gasteiger partial charge in [-0.25, -0.2) is 14.8 Å². The molecule has 1 aliphatic heterocycles. The van der Waals surface area contributed by atoms with Crippen LogP contribution in [0.15, 0.2) is 12.4 Å². The molecule has 1 amide bonds. The molecule has 122 valence electrons. The number of hydrogen-bond donors (Lipinski definition) is 0. The van der Waals surface area contributed by atoms with E-state index in [1.807, 2.05) is 34.6 Å². The molecule has 0 bridgehead atoms. The van der Waals surface area contributed by atoms with Crippen LogP contribution in [0.4, 0.5) is 4.79 Å². The molecule has 6 heteroatoms. The molecule has 0 N–H and O–H groups in total. The third-order valence-electron chi connectivity index (χ3n) is 3.48. The van der Waals surface area contributed by atoms with Gasteiger partial charge in [0.2, 0.25) is 0 Å². The Balaban J connectivity index is 1.85. The van der Waals surface area contributed by atoms with Crippen LogP contribution in [0.5, 0.6) is 0 Å². The standard InChI is InChI=1S/C16H25N3O3/c1-11-6-14(9-19(11)15(20)22-16(3,4)5)21-10-13-7-17-12(2)18-8-13/h7-8,11,14H,6,9-10H2,1-5H3/t11-,14+/m0/s1. The highest BCUT2D eigenvalue weighted by atomic mass is 16.6. The Kier molecular flexibility index (Phi) is 5.01. The van der Waals surface area contributed by atoms with Crippen LogP contribution in [0, 0.1) is 6.92 Å². The van der Waals surface area contributed by atoms with Crippen molar-refractivity contribution in [3.05, 3.63) is 23.8 Å². The topological polar surface area (TPSA) is 64.5 Å². The summed E-state index contributed by atoms with van der Waals surface area (Å²) in [5.41, 5.74) is 0.462. The van der Waals surface area contributed by atoms with Gasteiger partial charge in [-0.2, -0.15) is 0 Å². The van der Waals surface area contributed by atoms with Crippen molar-refractivity contribution in [2.45, 2.75) is 65.4 Å². The number of aromatic nitrogens is 2. The van der Waals surface area contributed by atoms with Crippen LogP contribution in [0.2, 0.25) is 0 Å². The predicted molar refractivity (Wildman–Crippen MR) is 82.4 cm³/mol. The average Bonchev–Trinajstić information content (AvgIpc) is 2.77. The highest BCUT2D eigenvalue weighted by Crippen LogP contribution is 2.23. The highest BCUT2D eigenvalue weighted by molar-refractivity contribution is 5.69. The van der Waals surface area contributed by atoms with Crippen LogP contribution in [-0.2, 0) is 16.1 Å². The molecule has 0 unspecified atom stereocenters. The lowest BCUT2D eigenvalue weighted by atomic mass is 10.2. The van der Waals surface area contributed by atoms with Crippen molar-refractivity contribution < 1.29 is 14.3 Å². The van der Waals surface area contributed by atoms with Gasteiger partial charge in [-0.1, -0.05) is 0 Å². The largest absolute Gasteiger partial charge is 0.444 e. The van der Waals surface area contributed by atoms with Crippen LogP contribution >= 0.6 is 0 Å². The summed E-state index contributed by atoms with van der Waals surface area (Å²) in [6, 6.07) is 0.120. The number of carbonyl (C=O) groups excluding carboxylic acids is 1. The molecular weight excluding hydrogens is 282 g/mol. The molecule has 2 rings (SSSR count). The minimum Gasteiger partial charge on any atom is -0.444 e. The lowest BCUT2D eigenvalue weighted by Gasteiger charge is -2.26. The smallest absolute Gasteiger partial charge is 0.410 e. The summed E-state index contributed by atoms with van der Waals surface area (Å²) in [6.45, 7) is 10.5. The zero-order chi connectivity index (χ0) is 16.3. The molecule has 1 aliphatic rings. The molecule has 2 atom stereocenters. The molecular formula is C16H25N3O3. The van der Waals surface area contributed by atoms with E-state index in [2.05, 4.69) is 9.97 Å². The van der Waals surface area contributed by atoms with Gasteiger partial charge in [0.25, 0.3) is 0 Å². The first-order chi connectivity index (χ1) is 10.2. The van der Waals surface area contributed by atoms with Gasteiger partial charge in [-0.15, -0.1) is 0 Å². The molecule has 1 saturated heterocycles. The Labute approximate surface area is 131 Å². The molecule has 2 heterocycles. The highest BCUT2D eigenvalue weighted by Gasteiger charge is 2.35. The molecule has 0 radical (unpaired) electrons. The normalized spacial score (nSPS) is 22.0. The van der Waals surface area contributed by atoms with E-state index >= 15 is 0 Å². The summed E-state index contributed by atoms with van der Waals surface area (Å²) in [6.07, 6.45) is 4.10. The summed E-state index contributed by atoms with van der Waals surface area (Å²) in [4.78, 5) is 22.2. The minimum absolute atomic E-state index is 0.0174. The fraction of sp³-hybridized carbons (Fsp3) is 0.688. The van der Waals surface area contributed by atoms with Crippen LogP contribution in [0.1, 0.15) is 45.5 Å². The third kappa shape index (κ3) is 4.66. The van der Waals surface area contributed by atoms with E-state index in [1.165, 1.54) is 0 Å². The van der Waals surface area contributed by atoms with Gasteiger partial charge in [0.1, 0.15) is 11.4 Å². The molecule has 1 aromatic heterocycles. The quantitative estimate of drug-likeness (QED) is 0.859. The summed E-state index contributed by atoms with van der Waals surface area (Å²) in [5.74, 6) is 0.745. The Morgan fingerprint density at radius 1 is 1.36 bits per heavy atom. The van der Waals surface area contributed by atoms with Crippen LogP contribution in [-0.4, -0.2) is 45.3 Å². The molecule has 6 nitrogen and oxygen atoms in total. The Bertz CT molecular complexity index is 510. The number of rotatable bonds is 3. The summed E-state index contributed by atoms with van der Waals surface area (Å²) < 4.78 is 11.3. The number of hydrogen-bond acceptors (Lipinski definition) is 5. The fourth-order valence-corrected chi connectivity index (χ4v) is 2.39. The zero-order valence-corrected chi connectivity index (χ0v) is 14.0. The van der Waals surface area contributed by atoms with Gasteiger partial charge in [0, 0.05) is 24.0 Å². The molecule has 0 saturated carbocycles. The van der Waals surface area contributed by atoms with Crippen LogP contribution < -0.4 is 0 Å². The lowest BCUT2D eigenvalue weighted by Crippen LogP contribution is -2.39. The van der Waals surface area contributed by atoms with E-state index in [1.54, 1.807) is 17.3 Å². The van der Waals surface area contributed by atoms with Gasteiger partial charge in [-0.05, 0) is 41.0 Å². The van der Waals surface area contributed by atoms with Gasteiger partial charge in [0.05, 0.1) is 19.3 Å². The summed E-state index contributed by atoms with van der Waals surface area (Å²) in [7, 11) is 0. The van der Waals surface area contributed by atoms with E-state index in [0.717, 1.165) is 17.8 Å².